The van der Waals surface area contributed by atoms with Crippen LogP contribution in [0.4, 0.5) is 0 Å². The zero-order chi connectivity index (χ0) is 30.6. The summed E-state index contributed by atoms with van der Waals surface area (Å²) in [4.78, 5) is 26.5. The van der Waals surface area contributed by atoms with Crippen LogP contribution in [0, 0.1) is 0 Å². The third-order valence-corrected chi connectivity index (χ3v) is 6.77. The predicted octanol–water partition coefficient (Wildman–Crippen LogP) is 7.15. The molecule has 0 radical (unpaired) electrons. The van der Waals surface area contributed by atoms with Gasteiger partial charge < -0.3 is 24.2 Å². The molecule has 44 heavy (non-hydrogen) atoms. The van der Waals surface area contributed by atoms with E-state index in [0.717, 1.165) is 28.0 Å². The number of carbonyl (C=O) groups is 2. The van der Waals surface area contributed by atoms with Gasteiger partial charge in [-0.3, -0.25) is 9.59 Å². The molecule has 1 amide bonds. The lowest BCUT2D eigenvalue weighted by molar-refractivity contribution is -0.137. The van der Waals surface area contributed by atoms with Crippen LogP contribution >= 0.6 is 0 Å². The summed E-state index contributed by atoms with van der Waals surface area (Å²) < 4.78 is 17.8. The summed E-state index contributed by atoms with van der Waals surface area (Å²) in [6.45, 7) is 0.797. The number of amides is 1. The van der Waals surface area contributed by atoms with Gasteiger partial charge in [-0.05, 0) is 64.7 Å². The number of carboxylic acid groups (broad SMARTS) is 1. The molecule has 0 aromatic heterocycles. The molecule has 0 aliphatic rings. The van der Waals surface area contributed by atoms with Gasteiger partial charge in [-0.25, -0.2) is 0 Å². The second-order valence-electron chi connectivity index (χ2n) is 10.2. The summed E-state index contributed by atoms with van der Waals surface area (Å²) in [6, 6.07) is 41.5. The van der Waals surface area contributed by atoms with E-state index < -0.39 is 18.4 Å². The third kappa shape index (κ3) is 8.97. The fourth-order valence-electron chi connectivity index (χ4n) is 4.59. The Hall–Kier alpha value is -5.56. The van der Waals surface area contributed by atoms with Crippen molar-refractivity contribution in [1.82, 2.24) is 4.90 Å². The van der Waals surface area contributed by atoms with Gasteiger partial charge in [0.25, 0.3) is 5.91 Å². The first-order chi connectivity index (χ1) is 21.5. The van der Waals surface area contributed by atoms with E-state index in [1.807, 2.05) is 109 Å². The summed E-state index contributed by atoms with van der Waals surface area (Å²) >= 11 is 0. The zero-order valence-corrected chi connectivity index (χ0v) is 24.2. The van der Waals surface area contributed by atoms with E-state index in [1.54, 1.807) is 24.3 Å². The maximum atomic E-state index is 13.5. The van der Waals surface area contributed by atoms with Crippen LogP contribution in [0.25, 0.3) is 0 Å². The van der Waals surface area contributed by atoms with E-state index in [9.17, 15) is 14.7 Å². The van der Waals surface area contributed by atoms with Gasteiger partial charge in [0.1, 0.15) is 43.6 Å². The number of carbonyl (C=O) groups excluding carboxylic acids is 1. The molecule has 0 unspecified atom stereocenters. The molecule has 0 bridgehead atoms. The fraction of sp³-hybridized carbons (Fsp3) is 0.135. The van der Waals surface area contributed by atoms with Crippen LogP contribution in [0.2, 0.25) is 0 Å². The highest BCUT2D eigenvalue weighted by atomic mass is 16.5. The predicted molar refractivity (Wildman–Crippen MR) is 168 cm³/mol. The van der Waals surface area contributed by atoms with Gasteiger partial charge in [0.2, 0.25) is 0 Å². The average Bonchev–Trinajstić information content (AvgIpc) is 3.06. The van der Waals surface area contributed by atoms with Crippen molar-refractivity contribution in [2.45, 2.75) is 26.4 Å². The molecular formula is C37H33NO6. The Bertz CT molecular complexity index is 1670. The molecule has 0 saturated carbocycles. The van der Waals surface area contributed by atoms with Gasteiger partial charge in [-0.2, -0.15) is 0 Å². The van der Waals surface area contributed by atoms with Gasteiger partial charge in [0, 0.05) is 12.1 Å². The van der Waals surface area contributed by atoms with Crippen molar-refractivity contribution in [2.75, 3.05) is 6.54 Å². The topological polar surface area (TPSA) is 85.3 Å². The largest absolute Gasteiger partial charge is 0.489 e. The Kier molecular flexibility index (Phi) is 10.2. The van der Waals surface area contributed by atoms with Crippen molar-refractivity contribution < 1.29 is 28.9 Å². The van der Waals surface area contributed by atoms with Gasteiger partial charge >= 0.3 is 5.97 Å². The molecule has 7 heteroatoms. The molecule has 0 aliphatic heterocycles. The minimum absolute atomic E-state index is 0.106. The first-order valence-corrected chi connectivity index (χ1v) is 14.3. The monoisotopic (exact) mass is 587 g/mol. The van der Waals surface area contributed by atoms with E-state index in [4.69, 9.17) is 14.2 Å². The van der Waals surface area contributed by atoms with E-state index in [-0.39, 0.29) is 13.2 Å². The van der Waals surface area contributed by atoms with Crippen LogP contribution in [0.5, 0.6) is 17.2 Å². The van der Waals surface area contributed by atoms with Crippen molar-refractivity contribution in [3.05, 3.63) is 161 Å². The number of nitrogens with zero attached hydrogens (tertiary/aromatic N) is 1. The number of benzene rings is 5. The normalized spacial score (nSPS) is 10.5. The minimum Gasteiger partial charge on any atom is -0.489 e. The molecule has 222 valence electrons. The average molecular weight is 588 g/mol. The summed E-state index contributed by atoms with van der Waals surface area (Å²) in [5, 5.41) is 9.56. The van der Waals surface area contributed by atoms with Crippen LogP contribution in [0.15, 0.2) is 133 Å². The van der Waals surface area contributed by atoms with Crippen LogP contribution in [-0.4, -0.2) is 28.4 Å². The highest BCUT2D eigenvalue weighted by Gasteiger charge is 2.20. The second-order valence-corrected chi connectivity index (χ2v) is 10.2. The van der Waals surface area contributed by atoms with Crippen LogP contribution in [0.3, 0.4) is 0 Å². The molecule has 5 aromatic carbocycles. The van der Waals surface area contributed by atoms with E-state index in [2.05, 4.69) is 0 Å². The van der Waals surface area contributed by atoms with Gasteiger partial charge in [-0.1, -0.05) is 91.0 Å². The Balaban J connectivity index is 1.21. The smallest absolute Gasteiger partial charge is 0.323 e. The zero-order valence-electron chi connectivity index (χ0n) is 24.2. The van der Waals surface area contributed by atoms with E-state index >= 15 is 0 Å². The van der Waals surface area contributed by atoms with Crippen molar-refractivity contribution in [3.8, 4) is 17.2 Å². The van der Waals surface area contributed by atoms with E-state index in [0.29, 0.717) is 30.3 Å². The van der Waals surface area contributed by atoms with Crippen molar-refractivity contribution in [3.63, 3.8) is 0 Å². The standard InChI is InChI=1S/C37H33NO6/c39-36(40)24-38(23-30-14-7-17-33(20-30)42-25-28-10-3-1-4-11-28)37(41)32-16-9-19-35(22-32)44-27-31-15-8-18-34(21-31)43-26-29-12-5-2-6-13-29/h1-22H,23-27H2,(H,39,40). The van der Waals surface area contributed by atoms with Crippen molar-refractivity contribution in [1.29, 1.82) is 0 Å². The van der Waals surface area contributed by atoms with Crippen molar-refractivity contribution >= 4 is 11.9 Å². The van der Waals surface area contributed by atoms with Crippen LogP contribution in [-0.2, 0) is 31.2 Å². The summed E-state index contributed by atoms with van der Waals surface area (Å²) in [5.74, 6) is 0.358. The van der Waals surface area contributed by atoms with E-state index in [1.165, 1.54) is 4.90 Å². The summed E-state index contributed by atoms with van der Waals surface area (Å²) in [7, 11) is 0. The lowest BCUT2D eigenvalue weighted by Gasteiger charge is -2.21. The summed E-state index contributed by atoms with van der Waals surface area (Å²) in [6.07, 6.45) is 0. The molecule has 0 fully saturated rings. The van der Waals surface area contributed by atoms with Crippen molar-refractivity contribution in [2.24, 2.45) is 0 Å². The lowest BCUT2D eigenvalue weighted by Crippen LogP contribution is -2.35. The van der Waals surface area contributed by atoms with Crippen LogP contribution in [0.1, 0.15) is 32.6 Å². The summed E-state index contributed by atoms with van der Waals surface area (Å²) in [5.41, 5.74) is 4.12. The molecule has 1 N–H and O–H groups in total. The highest BCUT2D eigenvalue weighted by molar-refractivity contribution is 5.96. The maximum Gasteiger partial charge on any atom is 0.323 e. The van der Waals surface area contributed by atoms with Gasteiger partial charge in [0.05, 0.1) is 0 Å². The molecule has 0 saturated heterocycles. The SMILES string of the molecule is O=C(O)CN(Cc1cccc(OCc2ccccc2)c1)C(=O)c1cccc(OCc2cccc(OCc3ccccc3)c2)c1. The van der Waals surface area contributed by atoms with Gasteiger partial charge in [0.15, 0.2) is 0 Å². The Morgan fingerprint density at radius 3 is 1.55 bits per heavy atom. The third-order valence-electron chi connectivity index (χ3n) is 6.77. The quantitative estimate of drug-likeness (QED) is 0.149. The number of ether oxygens (including phenoxy) is 3. The first-order valence-electron chi connectivity index (χ1n) is 14.3. The maximum absolute atomic E-state index is 13.5. The first kappa shape index (κ1) is 29.9. The molecular weight excluding hydrogens is 554 g/mol. The Labute approximate surface area is 256 Å². The highest BCUT2D eigenvalue weighted by Crippen LogP contribution is 2.22. The lowest BCUT2D eigenvalue weighted by atomic mass is 10.1. The molecule has 5 aromatic rings. The fourth-order valence-corrected chi connectivity index (χ4v) is 4.59. The minimum atomic E-state index is -1.10. The molecule has 5 rings (SSSR count). The molecule has 0 heterocycles. The van der Waals surface area contributed by atoms with Gasteiger partial charge in [-0.15, -0.1) is 0 Å². The number of hydrogen-bond donors (Lipinski definition) is 1. The Morgan fingerprint density at radius 2 is 0.977 bits per heavy atom. The number of hydrogen-bond acceptors (Lipinski definition) is 5. The van der Waals surface area contributed by atoms with Crippen LogP contribution < -0.4 is 14.2 Å². The molecule has 7 nitrogen and oxygen atoms in total. The molecule has 0 spiro atoms. The molecule has 0 atom stereocenters. The molecule has 0 aliphatic carbocycles. The number of aliphatic carboxylic acids is 1. The number of rotatable bonds is 14. The second kappa shape index (κ2) is 15.1. The Morgan fingerprint density at radius 1 is 0.523 bits per heavy atom. The number of carboxylic acids is 1.